The van der Waals surface area contributed by atoms with Gasteiger partial charge >= 0.3 is 0 Å². The number of hydrogen-bond donors (Lipinski definition) is 1. The normalized spacial score (nSPS) is 11.2. The van der Waals surface area contributed by atoms with Gasteiger partial charge in [0.15, 0.2) is 10.7 Å². The van der Waals surface area contributed by atoms with Crippen LogP contribution in [0.3, 0.4) is 0 Å². The Morgan fingerprint density at radius 1 is 1.21 bits per heavy atom. The van der Waals surface area contributed by atoms with Gasteiger partial charge in [-0.25, -0.2) is 15.0 Å². The summed E-state index contributed by atoms with van der Waals surface area (Å²) in [6, 6.07) is 3.24. The van der Waals surface area contributed by atoms with Crippen molar-refractivity contribution in [3.8, 4) is 22.0 Å². The Labute approximate surface area is 140 Å². The Kier molecular flexibility index (Phi) is 3.17. The van der Waals surface area contributed by atoms with Crippen LogP contribution in [-0.4, -0.2) is 29.1 Å². The van der Waals surface area contributed by atoms with Crippen LogP contribution in [-0.2, 0) is 7.05 Å². The van der Waals surface area contributed by atoms with Gasteiger partial charge in [-0.2, -0.15) is 4.52 Å². The molecule has 0 aliphatic rings. The van der Waals surface area contributed by atoms with Crippen molar-refractivity contribution >= 4 is 22.9 Å². The zero-order valence-electron chi connectivity index (χ0n) is 13.0. The van der Waals surface area contributed by atoms with E-state index < -0.39 is 0 Å². The minimum atomic E-state index is -0.0846. The number of rotatable bonds is 2. The molecule has 2 N–H and O–H groups in total. The Bertz CT molecular complexity index is 1120. The molecule has 0 aromatic carbocycles. The number of pyridine rings is 1. The maximum Gasteiger partial charge on any atom is 0.250 e. The molecule has 24 heavy (non-hydrogen) atoms. The van der Waals surface area contributed by atoms with Crippen LogP contribution in [0, 0.1) is 6.92 Å². The van der Waals surface area contributed by atoms with Gasteiger partial charge in [-0.05, 0) is 13.0 Å². The summed E-state index contributed by atoms with van der Waals surface area (Å²) in [7, 11) is 1.70. The SMILES string of the molecule is Cc1cnc(-c2nc3c(-c4ccc(=O)n(C)c4)cnc(N)n3n2)s1. The number of nitrogens with two attached hydrogens (primary N) is 1. The number of nitrogens with zero attached hydrogens (tertiary/aromatic N) is 6. The standard InChI is InChI=1S/C15H13N7OS/c1-8-5-17-14(24-8)12-19-13-10(6-18-15(16)22(13)20-12)9-3-4-11(23)21(2)7-9/h3-7H,1-2H3,(H2,16,18). The molecule has 0 fully saturated rings. The van der Waals surface area contributed by atoms with Gasteiger partial charge in [-0.1, -0.05) is 0 Å². The summed E-state index contributed by atoms with van der Waals surface area (Å²) in [6.45, 7) is 1.97. The number of fused-ring (bicyclic) bond motifs is 1. The van der Waals surface area contributed by atoms with Crippen LogP contribution < -0.4 is 11.3 Å². The van der Waals surface area contributed by atoms with E-state index in [1.807, 2.05) is 6.92 Å². The highest BCUT2D eigenvalue weighted by atomic mass is 32.1. The summed E-state index contributed by atoms with van der Waals surface area (Å²) in [4.78, 5) is 25.7. The second kappa shape index (κ2) is 5.24. The van der Waals surface area contributed by atoms with Crippen LogP contribution in [0.5, 0.6) is 0 Å². The number of aryl methyl sites for hydroxylation is 2. The average Bonchev–Trinajstić information content (AvgIpc) is 3.17. The van der Waals surface area contributed by atoms with E-state index in [1.54, 1.807) is 31.7 Å². The molecule has 4 aromatic rings. The van der Waals surface area contributed by atoms with Crippen molar-refractivity contribution in [2.75, 3.05) is 5.73 Å². The topological polar surface area (TPSA) is 104 Å². The summed E-state index contributed by atoms with van der Waals surface area (Å²) in [5.74, 6) is 0.740. The predicted octanol–water partition coefficient (Wildman–Crippen LogP) is 1.50. The highest BCUT2D eigenvalue weighted by molar-refractivity contribution is 7.14. The molecule has 0 radical (unpaired) electrons. The fourth-order valence-electron chi connectivity index (χ4n) is 2.39. The number of aromatic nitrogens is 6. The molecule has 0 spiro atoms. The van der Waals surface area contributed by atoms with Crippen LogP contribution in [0.25, 0.3) is 27.6 Å². The van der Waals surface area contributed by atoms with Gasteiger partial charge in [-0.3, -0.25) is 4.79 Å². The molecule has 8 nitrogen and oxygen atoms in total. The Morgan fingerprint density at radius 3 is 2.75 bits per heavy atom. The third-order valence-corrected chi connectivity index (χ3v) is 4.51. The predicted molar refractivity (Wildman–Crippen MR) is 91.7 cm³/mol. The van der Waals surface area contributed by atoms with Gasteiger partial charge in [0.1, 0.15) is 0 Å². The lowest BCUT2D eigenvalue weighted by Gasteiger charge is -2.05. The third-order valence-electron chi connectivity index (χ3n) is 3.60. The Balaban J connectivity index is 1.96. The van der Waals surface area contributed by atoms with Gasteiger partial charge < -0.3 is 10.3 Å². The Hall–Kier alpha value is -3.07. The van der Waals surface area contributed by atoms with Crippen LogP contribution in [0.15, 0.2) is 35.5 Å². The van der Waals surface area contributed by atoms with E-state index in [-0.39, 0.29) is 11.5 Å². The maximum atomic E-state index is 11.6. The summed E-state index contributed by atoms with van der Waals surface area (Å²) >= 11 is 1.51. The van der Waals surface area contributed by atoms with Crippen molar-refractivity contribution in [1.82, 2.24) is 29.1 Å². The third kappa shape index (κ3) is 2.26. The van der Waals surface area contributed by atoms with E-state index in [4.69, 9.17) is 5.73 Å². The molecular formula is C15H13N7OS. The second-order valence-electron chi connectivity index (χ2n) is 5.34. The zero-order valence-corrected chi connectivity index (χ0v) is 13.8. The van der Waals surface area contributed by atoms with E-state index in [9.17, 15) is 4.79 Å². The van der Waals surface area contributed by atoms with Crippen molar-refractivity contribution in [3.63, 3.8) is 0 Å². The van der Waals surface area contributed by atoms with Gasteiger partial charge in [0.05, 0.1) is 0 Å². The first-order valence-corrected chi connectivity index (χ1v) is 7.95. The van der Waals surface area contributed by atoms with E-state index in [0.717, 1.165) is 21.0 Å². The lowest BCUT2D eigenvalue weighted by molar-refractivity contribution is 0.861. The molecule has 120 valence electrons. The number of nitrogen functional groups attached to an aromatic ring is 1. The van der Waals surface area contributed by atoms with E-state index in [0.29, 0.717) is 11.5 Å². The van der Waals surface area contributed by atoms with Crippen LogP contribution in [0.1, 0.15) is 4.88 Å². The molecule has 0 saturated carbocycles. The minimum absolute atomic E-state index is 0.0846. The number of hydrogen-bond acceptors (Lipinski definition) is 7. The lowest BCUT2D eigenvalue weighted by Crippen LogP contribution is -2.14. The smallest absolute Gasteiger partial charge is 0.250 e. The maximum absolute atomic E-state index is 11.6. The Morgan fingerprint density at radius 2 is 2.04 bits per heavy atom. The van der Waals surface area contributed by atoms with Crippen molar-refractivity contribution in [2.24, 2.45) is 7.05 Å². The molecule has 0 unspecified atom stereocenters. The molecule has 0 saturated heterocycles. The highest BCUT2D eigenvalue weighted by Gasteiger charge is 2.16. The molecular weight excluding hydrogens is 326 g/mol. The molecule has 4 aromatic heterocycles. The number of thiazole rings is 1. The van der Waals surface area contributed by atoms with E-state index >= 15 is 0 Å². The van der Waals surface area contributed by atoms with Crippen molar-refractivity contribution in [1.29, 1.82) is 0 Å². The van der Waals surface area contributed by atoms with Gasteiger partial charge in [0.2, 0.25) is 17.3 Å². The fourth-order valence-corrected chi connectivity index (χ4v) is 3.09. The zero-order chi connectivity index (χ0) is 16.8. The van der Waals surface area contributed by atoms with Crippen LogP contribution in [0.2, 0.25) is 0 Å². The molecule has 4 rings (SSSR count). The van der Waals surface area contributed by atoms with Gasteiger partial charge in [-0.15, -0.1) is 16.4 Å². The lowest BCUT2D eigenvalue weighted by atomic mass is 10.1. The summed E-state index contributed by atoms with van der Waals surface area (Å²) < 4.78 is 3.00. The van der Waals surface area contributed by atoms with Crippen molar-refractivity contribution in [3.05, 3.63) is 46.0 Å². The van der Waals surface area contributed by atoms with Crippen LogP contribution in [0.4, 0.5) is 5.95 Å². The van der Waals surface area contributed by atoms with E-state index in [1.165, 1.54) is 26.5 Å². The summed E-state index contributed by atoms with van der Waals surface area (Å²) in [5, 5.41) is 5.14. The van der Waals surface area contributed by atoms with Crippen LogP contribution >= 0.6 is 11.3 Å². The molecule has 0 aliphatic heterocycles. The molecule has 0 atom stereocenters. The summed E-state index contributed by atoms with van der Waals surface area (Å²) in [6.07, 6.45) is 5.15. The quantitative estimate of drug-likeness (QED) is 0.593. The molecule has 0 aliphatic carbocycles. The molecule has 9 heteroatoms. The first kappa shape index (κ1) is 14.5. The highest BCUT2D eigenvalue weighted by Crippen LogP contribution is 2.27. The first-order valence-electron chi connectivity index (χ1n) is 7.14. The largest absolute Gasteiger partial charge is 0.368 e. The van der Waals surface area contributed by atoms with Gasteiger partial charge in [0, 0.05) is 47.7 Å². The average molecular weight is 339 g/mol. The summed E-state index contributed by atoms with van der Waals surface area (Å²) in [5.41, 5.74) is 7.97. The van der Waals surface area contributed by atoms with Crippen molar-refractivity contribution in [2.45, 2.75) is 6.92 Å². The fraction of sp³-hybridized carbons (Fsp3) is 0.133. The monoisotopic (exact) mass is 339 g/mol. The molecule has 0 amide bonds. The minimum Gasteiger partial charge on any atom is -0.368 e. The number of anilines is 1. The van der Waals surface area contributed by atoms with E-state index in [2.05, 4.69) is 20.1 Å². The first-order chi connectivity index (χ1) is 11.5. The van der Waals surface area contributed by atoms with Crippen molar-refractivity contribution < 1.29 is 0 Å². The molecule has 4 heterocycles. The molecule has 0 bridgehead atoms. The second-order valence-corrected chi connectivity index (χ2v) is 6.58. The van der Waals surface area contributed by atoms with Gasteiger partial charge in [0.25, 0.3) is 0 Å².